The maximum absolute atomic E-state index is 13.1. The molecule has 0 spiro atoms. The number of furan rings is 1. The van der Waals surface area contributed by atoms with Gasteiger partial charge in [0.2, 0.25) is 0 Å². The molecule has 0 saturated heterocycles. The van der Waals surface area contributed by atoms with Crippen LogP contribution in [0.25, 0.3) is 28.2 Å². The maximum atomic E-state index is 13.1. The molecule has 9 nitrogen and oxygen atoms in total. The van der Waals surface area contributed by atoms with Crippen molar-refractivity contribution in [3.8, 4) is 17.2 Å². The number of pyridine rings is 1. The quantitative estimate of drug-likeness (QED) is 0.405. The van der Waals surface area contributed by atoms with Crippen molar-refractivity contribution in [2.24, 2.45) is 0 Å². The minimum Gasteiger partial charge on any atom is -0.451 e. The zero-order chi connectivity index (χ0) is 23.5. The highest BCUT2D eigenvalue weighted by Gasteiger charge is 2.26. The van der Waals surface area contributed by atoms with Crippen molar-refractivity contribution < 1.29 is 9.21 Å². The van der Waals surface area contributed by atoms with Crippen molar-refractivity contribution in [1.29, 1.82) is 0 Å². The van der Waals surface area contributed by atoms with Crippen molar-refractivity contribution in [2.45, 2.75) is 45.1 Å². The van der Waals surface area contributed by atoms with Crippen LogP contribution in [0.3, 0.4) is 0 Å². The molecule has 0 bridgehead atoms. The molecule has 0 atom stereocenters. The van der Waals surface area contributed by atoms with Crippen LogP contribution in [-0.2, 0) is 13.0 Å². The predicted molar refractivity (Wildman–Crippen MR) is 130 cm³/mol. The molecule has 0 unspecified atom stereocenters. The third kappa shape index (κ3) is 3.42. The molecule has 1 aliphatic heterocycles. The van der Waals surface area contributed by atoms with Crippen LogP contribution in [0, 0.1) is 6.92 Å². The van der Waals surface area contributed by atoms with E-state index < -0.39 is 0 Å². The largest absolute Gasteiger partial charge is 0.451 e. The van der Waals surface area contributed by atoms with Gasteiger partial charge >= 0.3 is 0 Å². The number of carbonyl (C=O) groups is 1. The topological polar surface area (TPSA) is 104 Å². The lowest BCUT2D eigenvalue weighted by atomic mass is 10.1. The van der Waals surface area contributed by atoms with E-state index in [1.54, 1.807) is 12.1 Å². The molecular formula is C26H23N7O2. The molecule has 174 valence electrons. The fraction of sp³-hybridized carbons (Fsp3) is 0.269. The molecule has 1 saturated carbocycles. The molecule has 2 aliphatic rings. The number of carbonyl (C=O) groups excluding carboxylic acids is 1. The third-order valence-corrected chi connectivity index (χ3v) is 6.78. The van der Waals surface area contributed by atoms with Crippen LogP contribution < -0.4 is 5.32 Å². The van der Waals surface area contributed by atoms with Gasteiger partial charge in [-0.1, -0.05) is 12.1 Å². The summed E-state index contributed by atoms with van der Waals surface area (Å²) in [7, 11) is 0. The van der Waals surface area contributed by atoms with E-state index in [4.69, 9.17) is 4.42 Å². The smallest absolute Gasteiger partial charge is 0.292 e. The number of hydrogen-bond acceptors (Lipinski definition) is 6. The predicted octanol–water partition coefficient (Wildman–Crippen LogP) is 4.66. The fourth-order valence-electron chi connectivity index (χ4n) is 4.86. The van der Waals surface area contributed by atoms with Crippen molar-refractivity contribution in [2.75, 3.05) is 5.32 Å². The van der Waals surface area contributed by atoms with Crippen molar-refractivity contribution in [1.82, 2.24) is 29.3 Å². The zero-order valence-electron chi connectivity index (χ0n) is 19.2. The second kappa shape index (κ2) is 7.63. The van der Waals surface area contributed by atoms with E-state index in [0.717, 1.165) is 53.4 Å². The average molecular weight is 466 g/mol. The molecule has 1 N–H and O–H groups in total. The number of nitrogens with one attached hydrogen (secondary N) is 1. The van der Waals surface area contributed by atoms with Crippen LogP contribution in [0.15, 0.2) is 53.3 Å². The molecule has 1 aliphatic carbocycles. The van der Waals surface area contributed by atoms with Gasteiger partial charge in [0, 0.05) is 30.5 Å². The molecule has 1 fully saturated rings. The van der Waals surface area contributed by atoms with Crippen LogP contribution in [-0.4, -0.2) is 35.2 Å². The van der Waals surface area contributed by atoms with Gasteiger partial charge in [0.05, 0.1) is 17.7 Å². The molecule has 35 heavy (non-hydrogen) atoms. The lowest BCUT2D eigenvalue weighted by Crippen LogP contribution is -2.12. The number of rotatable bonds is 5. The first kappa shape index (κ1) is 20.1. The van der Waals surface area contributed by atoms with Crippen LogP contribution in [0.1, 0.15) is 52.8 Å². The Morgan fingerprint density at radius 1 is 1.17 bits per heavy atom. The van der Waals surface area contributed by atoms with Crippen LogP contribution in [0.5, 0.6) is 0 Å². The van der Waals surface area contributed by atoms with E-state index in [0.29, 0.717) is 23.0 Å². The number of imidazole rings is 1. The molecule has 1 aromatic carbocycles. The Balaban J connectivity index is 1.19. The number of fused-ring (bicyclic) bond motifs is 2. The van der Waals surface area contributed by atoms with Gasteiger partial charge in [-0.3, -0.25) is 4.79 Å². The highest BCUT2D eigenvalue weighted by Crippen LogP contribution is 2.39. The van der Waals surface area contributed by atoms with Gasteiger partial charge < -0.3 is 18.9 Å². The fourth-order valence-corrected chi connectivity index (χ4v) is 4.86. The Kier molecular flexibility index (Phi) is 4.39. The molecule has 7 rings (SSSR count). The van der Waals surface area contributed by atoms with Crippen molar-refractivity contribution in [3.63, 3.8) is 0 Å². The first-order valence-electron chi connectivity index (χ1n) is 11.9. The summed E-state index contributed by atoms with van der Waals surface area (Å²) in [5, 5.41) is 12.3. The van der Waals surface area contributed by atoms with Gasteiger partial charge in [0.25, 0.3) is 5.91 Å². The summed E-state index contributed by atoms with van der Waals surface area (Å²) in [6, 6.07) is 11.2. The lowest BCUT2D eigenvalue weighted by molar-refractivity contribution is 0.0998. The Labute approximate surface area is 200 Å². The first-order chi connectivity index (χ1) is 17.1. The summed E-state index contributed by atoms with van der Waals surface area (Å²) in [5.41, 5.74) is 4.51. The standard InChI is InChI=1S/C26H23N7O2/c1-15-7-10-20-17(24(15)32-13-19(27-14-32)16-8-9-16)12-21(35-20)26(34)29-22-5-2-4-18(28-22)25-31-30-23-6-3-11-33(23)25/h2,4-5,7,10,12-14,16H,3,6,8-9,11H2,1H3,(H,28,29,34). The Morgan fingerprint density at radius 2 is 2.09 bits per heavy atom. The van der Waals surface area contributed by atoms with Crippen LogP contribution in [0.2, 0.25) is 0 Å². The molecule has 5 heterocycles. The first-order valence-corrected chi connectivity index (χ1v) is 11.9. The summed E-state index contributed by atoms with van der Waals surface area (Å²) in [4.78, 5) is 22.3. The molecule has 9 heteroatoms. The average Bonchev–Trinajstić information content (AvgIpc) is 3.25. The molecule has 5 aromatic rings. The van der Waals surface area contributed by atoms with Crippen molar-refractivity contribution >= 4 is 22.7 Å². The number of aromatic nitrogens is 6. The summed E-state index contributed by atoms with van der Waals surface area (Å²) < 4.78 is 10.1. The van der Waals surface area contributed by atoms with E-state index >= 15 is 0 Å². The number of aryl methyl sites for hydroxylation is 2. The number of nitrogens with zero attached hydrogens (tertiary/aromatic N) is 6. The minimum atomic E-state index is -0.356. The van der Waals surface area contributed by atoms with Crippen molar-refractivity contribution in [3.05, 3.63) is 71.8 Å². The minimum absolute atomic E-state index is 0.227. The monoisotopic (exact) mass is 465 g/mol. The van der Waals surface area contributed by atoms with E-state index in [1.807, 2.05) is 35.2 Å². The van der Waals surface area contributed by atoms with E-state index in [2.05, 4.69) is 43.2 Å². The molecule has 4 aromatic heterocycles. The maximum Gasteiger partial charge on any atom is 0.292 e. The highest BCUT2D eigenvalue weighted by molar-refractivity contribution is 6.05. The van der Waals surface area contributed by atoms with Gasteiger partial charge in [-0.15, -0.1) is 10.2 Å². The molecule has 0 radical (unpaired) electrons. The van der Waals surface area contributed by atoms with Crippen LogP contribution in [0.4, 0.5) is 5.82 Å². The summed E-state index contributed by atoms with van der Waals surface area (Å²) in [6.07, 6.45) is 8.32. The Morgan fingerprint density at radius 3 is 2.97 bits per heavy atom. The Bertz CT molecular complexity index is 1610. The normalized spacial score (nSPS) is 15.0. The summed E-state index contributed by atoms with van der Waals surface area (Å²) in [6.45, 7) is 2.94. The van der Waals surface area contributed by atoms with E-state index in [1.165, 1.54) is 12.8 Å². The highest BCUT2D eigenvalue weighted by atomic mass is 16.3. The zero-order valence-corrected chi connectivity index (χ0v) is 19.2. The number of benzene rings is 1. The molecule has 1 amide bonds. The third-order valence-electron chi connectivity index (χ3n) is 6.78. The second-order valence-electron chi connectivity index (χ2n) is 9.29. The van der Waals surface area contributed by atoms with Gasteiger partial charge in [-0.2, -0.15) is 0 Å². The van der Waals surface area contributed by atoms with E-state index in [-0.39, 0.29) is 11.7 Å². The second-order valence-corrected chi connectivity index (χ2v) is 9.29. The lowest BCUT2D eigenvalue weighted by Gasteiger charge is -2.07. The summed E-state index contributed by atoms with van der Waals surface area (Å²) >= 11 is 0. The van der Waals surface area contributed by atoms with Gasteiger partial charge in [-0.05, 0) is 56.0 Å². The van der Waals surface area contributed by atoms with Crippen LogP contribution >= 0.6 is 0 Å². The SMILES string of the molecule is Cc1ccc2oc(C(=O)Nc3cccc(-c4nnc5n4CCC5)n3)cc2c1-n1cnc(C2CC2)c1. The summed E-state index contributed by atoms with van der Waals surface area (Å²) in [5.74, 6) is 2.58. The van der Waals surface area contributed by atoms with Gasteiger partial charge in [0.15, 0.2) is 11.6 Å². The van der Waals surface area contributed by atoms with E-state index in [9.17, 15) is 4.79 Å². The number of hydrogen-bond donors (Lipinski definition) is 1. The molecular weight excluding hydrogens is 442 g/mol. The van der Waals surface area contributed by atoms with Gasteiger partial charge in [-0.25, -0.2) is 9.97 Å². The Hall–Kier alpha value is -4.27. The van der Waals surface area contributed by atoms with Gasteiger partial charge in [0.1, 0.15) is 22.9 Å². The number of anilines is 1. The number of amides is 1.